The number of hydrogen-bond donors (Lipinski definition) is 2. The Kier molecular flexibility index (Phi) is 5.11. The third kappa shape index (κ3) is 3.92. The maximum atomic E-state index is 13.4. The van der Waals surface area contributed by atoms with Gasteiger partial charge in [0.25, 0.3) is 5.91 Å². The molecule has 2 N–H and O–H groups in total. The van der Waals surface area contributed by atoms with Gasteiger partial charge in [0, 0.05) is 24.8 Å². The Bertz CT molecular complexity index is 693. The minimum atomic E-state index is -1.17. The summed E-state index contributed by atoms with van der Waals surface area (Å²) in [6.07, 6.45) is 0.581. The van der Waals surface area contributed by atoms with Crippen LogP contribution in [0.4, 0.5) is 10.1 Å². The molecule has 1 aliphatic heterocycles. The van der Waals surface area contributed by atoms with E-state index in [4.69, 9.17) is 0 Å². The van der Waals surface area contributed by atoms with Crippen LogP contribution in [0.15, 0.2) is 54.6 Å². The van der Waals surface area contributed by atoms with Gasteiger partial charge in [-0.2, -0.15) is 0 Å². The fourth-order valence-electron chi connectivity index (χ4n) is 3.07. The summed E-state index contributed by atoms with van der Waals surface area (Å²) in [5.41, 5.74) is 1.39. The van der Waals surface area contributed by atoms with Crippen LogP contribution in [0.3, 0.4) is 0 Å². The van der Waals surface area contributed by atoms with Crippen LogP contribution in [0.5, 0.6) is 0 Å². The minimum absolute atomic E-state index is 0.0621. The number of halogens is 1. The maximum Gasteiger partial charge on any atom is 0.253 e. The van der Waals surface area contributed by atoms with E-state index in [0.29, 0.717) is 12.1 Å². The molecule has 0 aliphatic carbocycles. The third-order valence-corrected chi connectivity index (χ3v) is 4.30. The van der Waals surface area contributed by atoms with Crippen molar-refractivity contribution < 1.29 is 14.3 Å². The number of benzene rings is 2. The highest BCUT2D eigenvalue weighted by atomic mass is 19.1. The standard InChI is InChI=1S/C19H21FN2O2/c20-15-8-4-10-17(12-15)22-11-5-9-16(13-22)21-19(24)18(23)14-6-2-1-3-7-14/h1-4,6-8,10,12,16,18,23H,5,9,11,13H2,(H,21,24). The summed E-state index contributed by atoms with van der Waals surface area (Å²) in [6.45, 7) is 1.44. The first-order valence-corrected chi connectivity index (χ1v) is 8.17. The molecule has 2 unspecified atom stereocenters. The lowest BCUT2D eigenvalue weighted by molar-refractivity contribution is -0.130. The van der Waals surface area contributed by atoms with Crippen molar-refractivity contribution in [2.75, 3.05) is 18.0 Å². The number of rotatable bonds is 4. The van der Waals surface area contributed by atoms with E-state index in [1.807, 2.05) is 12.1 Å². The number of piperidine rings is 1. The van der Waals surface area contributed by atoms with E-state index in [-0.39, 0.29) is 11.9 Å². The van der Waals surface area contributed by atoms with E-state index in [1.54, 1.807) is 30.3 Å². The summed E-state index contributed by atoms with van der Waals surface area (Å²) < 4.78 is 13.4. The number of amides is 1. The van der Waals surface area contributed by atoms with E-state index in [2.05, 4.69) is 10.2 Å². The minimum Gasteiger partial charge on any atom is -0.378 e. The van der Waals surface area contributed by atoms with Crippen LogP contribution >= 0.6 is 0 Å². The molecule has 0 saturated carbocycles. The Morgan fingerprint density at radius 3 is 2.75 bits per heavy atom. The zero-order valence-corrected chi connectivity index (χ0v) is 13.4. The number of aliphatic hydroxyl groups excluding tert-OH is 1. The van der Waals surface area contributed by atoms with Gasteiger partial charge >= 0.3 is 0 Å². The van der Waals surface area contributed by atoms with Crippen molar-refractivity contribution in [1.82, 2.24) is 5.32 Å². The van der Waals surface area contributed by atoms with Crippen molar-refractivity contribution in [3.8, 4) is 0 Å². The highest BCUT2D eigenvalue weighted by Crippen LogP contribution is 2.21. The topological polar surface area (TPSA) is 52.6 Å². The number of anilines is 1. The SMILES string of the molecule is O=C(NC1CCCN(c2cccc(F)c2)C1)C(O)c1ccccc1. The van der Waals surface area contributed by atoms with Gasteiger partial charge in [-0.15, -0.1) is 0 Å². The molecule has 24 heavy (non-hydrogen) atoms. The van der Waals surface area contributed by atoms with Gasteiger partial charge in [-0.1, -0.05) is 36.4 Å². The zero-order chi connectivity index (χ0) is 16.9. The van der Waals surface area contributed by atoms with Gasteiger partial charge in [-0.05, 0) is 36.6 Å². The van der Waals surface area contributed by atoms with E-state index in [1.165, 1.54) is 12.1 Å². The van der Waals surface area contributed by atoms with Crippen molar-refractivity contribution in [2.45, 2.75) is 25.0 Å². The smallest absolute Gasteiger partial charge is 0.253 e. The molecule has 4 nitrogen and oxygen atoms in total. The monoisotopic (exact) mass is 328 g/mol. The lowest BCUT2D eigenvalue weighted by Crippen LogP contribution is -2.49. The molecule has 0 aromatic heterocycles. The fraction of sp³-hybridized carbons (Fsp3) is 0.316. The first kappa shape index (κ1) is 16.5. The van der Waals surface area contributed by atoms with E-state index in [9.17, 15) is 14.3 Å². The predicted octanol–water partition coefficient (Wildman–Crippen LogP) is 2.64. The maximum absolute atomic E-state index is 13.4. The molecule has 2 aromatic carbocycles. The van der Waals surface area contributed by atoms with Crippen molar-refractivity contribution >= 4 is 11.6 Å². The molecule has 126 valence electrons. The highest BCUT2D eigenvalue weighted by Gasteiger charge is 2.25. The van der Waals surface area contributed by atoms with E-state index >= 15 is 0 Å². The second-order valence-corrected chi connectivity index (χ2v) is 6.09. The van der Waals surface area contributed by atoms with Crippen molar-refractivity contribution in [3.05, 3.63) is 66.0 Å². The number of carbonyl (C=O) groups excluding carboxylic acids is 1. The van der Waals surface area contributed by atoms with Gasteiger partial charge in [0.05, 0.1) is 0 Å². The lowest BCUT2D eigenvalue weighted by atomic mass is 10.0. The first-order valence-electron chi connectivity index (χ1n) is 8.17. The Labute approximate surface area is 140 Å². The Hall–Kier alpha value is -2.40. The average molecular weight is 328 g/mol. The number of carbonyl (C=O) groups is 1. The van der Waals surface area contributed by atoms with Crippen LogP contribution in [0.25, 0.3) is 0 Å². The summed E-state index contributed by atoms with van der Waals surface area (Å²) >= 11 is 0. The van der Waals surface area contributed by atoms with Gasteiger partial charge in [-0.25, -0.2) is 4.39 Å². The molecular weight excluding hydrogens is 307 g/mol. The van der Waals surface area contributed by atoms with Gasteiger partial charge in [-0.3, -0.25) is 4.79 Å². The van der Waals surface area contributed by atoms with Crippen molar-refractivity contribution in [1.29, 1.82) is 0 Å². The van der Waals surface area contributed by atoms with Crippen LogP contribution in [-0.4, -0.2) is 30.1 Å². The Morgan fingerprint density at radius 2 is 2.00 bits per heavy atom. The zero-order valence-electron chi connectivity index (χ0n) is 13.4. The fourth-order valence-corrected chi connectivity index (χ4v) is 3.07. The normalized spacial score (nSPS) is 18.9. The molecule has 1 aliphatic rings. The van der Waals surface area contributed by atoms with Gasteiger partial charge in [0.15, 0.2) is 6.10 Å². The van der Waals surface area contributed by atoms with Crippen LogP contribution in [0.1, 0.15) is 24.5 Å². The Balaban J connectivity index is 1.62. The molecule has 0 bridgehead atoms. The Morgan fingerprint density at radius 1 is 1.21 bits per heavy atom. The first-order chi connectivity index (χ1) is 11.6. The average Bonchev–Trinajstić information content (AvgIpc) is 2.62. The van der Waals surface area contributed by atoms with Gasteiger partial charge in [0.2, 0.25) is 0 Å². The van der Waals surface area contributed by atoms with Crippen molar-refractivity contribution in [2.24, 2.45) is 0 Å². The molecule has 2 atom stereocenters. The van der Waals surface area contributed by atoms with E-state index in [0.717, 1.165) is 25.1 Å². The summed E-state index contributed by atoms with van der Waals surface area (Å²) in [5.74, 6) is -0.662. The number of hydrogen-bond acceptors (Lipinski definition) is 3. The second kappa shape index (κ2) is 7.45. The molecule has 2 aromatic rings. The number of nitrogens with zero attached hydrogens (tertiary/aromatic N) is 1. The molecule has 0 radical (unpaired) electrons. The molecule has 1 heterocycles. The van der Waals surface area contributed by atoms with Crippen molar-refractivity contribution in [3.63, 3.8) is 0 Å². The molecular formula is C19H21FN2O2. The van der Waals surface area contributed by atoms with Crippen LogP contribution in [-0.2, 0) is 4.79 Å². The van der Waals surface area contributed by atoms with E-state index < -0.39 is 12.0 Å². The molecule has 1 saturated heterocycles. The molecule has 5 heteroatoms. The highest BCUT2D eigenvalue weighted by molar-refractivity contribution is 5.82. The van der Waals surface area contributed by atoms with Crippen LogP contribution in [0, 0.1) is 5.82 Å². The second-order valence-electron chi connectivity index (χ2n) is 6.09. The molecule has 1 fully saturated rings. The van der Waals surface area contributed by atoms with Gasteiger partial charge < -0.3 is 15.3 Å². The summed E-state index contributed by atoms with van der Waals surface area (Å²) in [6, 6.07) is 15.3. The summed E-state index contributed by atoms with van der Waals surface area (Å²) in [5, 5.41) is 13.1. The predicted molar refractivity (Wildman–Crippen MR) is 91.2 cm³/mol. The molecule has 1 amide bonds. The molecule has 3 rings (SSSR count). The van der Waals surface area contributed by atoms with Crippen LogP contribution in [0.2, 0.25) is 0 Å². The number of nitrogens with one attached hydrogen (secondary N) is 1. The van der Waals surface area contributed by atoms with Gasteiger partial charge in [0.1, 0.15) is 5.82 Å². The quantitative estimate of drug-likeness (QED) is 0.907. The lowest BCUT2D eigenvalue weighted by Gasteiger charge is -2.35. The third-order valence-electron chi connectivity index (χ3n) is 4.30. The molecule has 0 spiro atoms. The summed E-state index contributed by atoms with van der Waals surface area (Å²) in [7, 11) is 0. The largest absolute Gasteiger partial charge is 0.378 e. The number of aliphatic hydroxyl groups is 1. The van der Waals surface area contributed by atoms with Crippen LogP contribution < -0.4 is 10.2 Å². The summed E-state index contributed by atoms with van der Waals surface area (Å²) in [4.78, 5) is 14.3.